The van der Waals surface area contributed by atoms with Gasteiger partial charge in [0.1, 0.15) is 5.82 Å². The van der Waals surface area contributed by atoms with Crippen LogP contribution >= 0.6 is 11.6 Å². The summed E-state index contributed by atoms with van der Waals surface area (Å²) in [6.45, 7) is 0. The van der Waals surface area contributed by atoms with Gasteiger partial charge in [0.15, 0.2) is 9.84 Å². The number of carbonyl (C=O) groups is 1. The predicted octanol–water partition coefficient (Wildman–Crippen LogP) is 3.44. The van der Waals surface area contributed by atoms with E-state index < -0.39 is 21.7 Å². The maximum atomic E-state index is 13.2. The first kappa shape index (κ1) is 16.7. The molecule has 0 bridgehead atoms. The summed E-state index contributed by atoms with van der Waals surface area (Å²) in [6.07, 6.45) is 1.46. The van der Waals surface area contributed by atoms with Gasteiger partial charge >= 0.3 is 0 Å². The Morgan fingerprint density at radius 2 is 1.71 bits per heavy atom. The summed E-state index contributed by atoms with van der Waals surface area (Å²) in [5.74, 6) is -1.03. The van der Waals surface area contributed by atoms with Crippen LogP contribution in [-0.4, -0.2) is 26.1 Å². The molecule has 1 aliphatic heterocycles. The zero-order valence-corrected chi connectivity index (χ0v) is 14.0. The van der Waals surface area contributed by atoms with E-state index in [1.54, 1.807) is 24.3 Å². The standard InChI is InChI=1S/C17H13ClFNO3S/c18-13-3-1-12(2-4-13)17(21)20(15-7-5-14(19)6-8-15)16-9-10-24(22,23)11-16/h1-10,16H,11H2/t16-/m1/s1. The lowest BCUT2D eigenvalue weighted by atomic mass is 10.1. The lowest BCUT2D eigenvalue weighted by Crippen LogP contribution is -2.41. The van der Waals surface area contributed by atoms with Crippen molar-refractivity contribution in [3.63, 3.8) is 0 Å². The predicted molar refractivity (Wildman–Crippen MR) is 91.4 cm³/mol. The number of sulfone groups is 1. The molecule has 0 unspecified atom stereocenters. The Morgan fingerprint density at radius 1 is 1.08 bits per heavy atom. The smallest absolute Gasteiger partial charge is 0.258 e. The Bertz CT molecular complexity index is 892. The van der Waals surface area contributed by atoms with Crippen molar-refractivity contribution in [1.82, 2.24) is 0 Å². The number of rotatable bonds is 3. The van der Waals surface area contributed by atoms with Crippen molar-refractivity contribution in [3.8, 4) is 0 Å². The topological polar surface area (TPSA) is 54.5 Å². The second-order valence-corrected chi connectivity index (χ2v) is 7.75. The van der Waals surface area contributed by atoms with E-state index in [1.807, 2.05) is 0 Å². The zero-order valence-electron chi connectivity index (χ0n) is 12.4. The maximum Gasteiger partial charge on any atom is 0.258 e. The van der Waals surface area contributed by atoms with Gasteiger partial charge in [-0.2, -0.15) is 0 Å². The molecule has 1 amide bonds. The van der Waals surface area contributed by atoms with Crippen molar-refractivity contribution >= 4 is 33.0 Å². The summed E-state index contributed by atoms with van der Waals surface area (Å²) < 4.78 is 36.7. The first-order chi connectivity index (χ1) is 11.4. The molecule has 2 aromatic rings. The highest BCUT2D eigenvalue weighted by molar-refractivity contribution is 7.94. The van der Waals surface area contributed by atoms with Gasteiger partial charge in [-0.1, -0.05) is 11.6 Å². The van der Waals surface area contributed by atoms with Crippen molar-refractivity contribution in [2.24, 2.45) is 0 Å². The van der Waals surface area contributed by atoms with Crippen LogP contribution in [0.1, 0.15) is 10.4 Å². The fourth-order valence-corrected chi connectivity index (χ4v) is 3.91. The molecule has 124 valence electrons. The normalized spacial score (nSPS) is 18.5. The highest BCUT2D eigenvalue weighted by Crippen LogP contribution is 2.25. The summed E-state index contributed by atoms with van der Waals surface area (Å²) in [7, 11) is -3.35. The molecule has 7 heteroatoms. The molecule has 0 spiro atoms. The Kier molecular flexibility index (Phi) is 4.43. The molecule has 2 aromatic carbocycles. The number of benzene rings is 2. The quantitative estimate of drug-likeness (QED) is 0.837. The van der Waals surface area contributed by atoms with Crippen molar-refractivity contribution < 1.29 is 17.6 Å². The molecule has 0 saturated carbocycles. The van der Waals surface area contributed by atoms with Gasteiger partial charge in [-0.3, -0.25) is 4.79 Å². The van der Waals surface area contributed by atoms with Gasteiger partial charge in [-0.15, -0.1) is 0 Å². The van der Waals surface area contributed by atoms with Crippen LogP contribution in [0.25, 0.3) is 0 Å². The average molecular weight is 366 g/mol. The number of amides is 1. The molecule has 1 atom stereocenters. The van der Waals surface area contributed by atoms with E-state index in [-0.39, 0.29) is 11.7 Å². The lowest BCUT2D eigenvalue weighted by Gasteiger charge is -2.27. The van der Waals surface area contributed by atoms with Crippen molar-refractivity contribution in [3.05, 3.63) is 76.4 Å². The van der Waals surface area contributed by atoms with E-state index in [4.69, 9.17) is 11.6 Å². The van der Waals surface area contributed by atoms with E-state index in [0.717, 1.165) is 5.41 Å². The molecule has 0 aliphatic carbocycles. The van der Waals surface area contributed by atoms with Gasteiger partial charge < -0.3 is 4.90 Å². The van der Waals surface area contributed by atoms with Gasteiger partial charge in [0.2, 0.25) is 0 Å². The summed E-state index contributed by atoms with van der Waals surface area (Å²) in [4.78, 5) is 14.3. The minimum Gasteiger partial charge on any atom is -0.300 e. The first-order valence-corrected chi connectivity index (χ1v) is 9.21. The summed E-state index contributed by atoms with van der Waals surface area (Å²) in [6, 6.07) is 11.0. The van der Waals surface area contributed by atoms with Crippen LogP contribution in [-0.2, 0) is 9.84 Å². The molecule has 0 aromatic heterocycles. The highest BCUT2D eigenvalue weighted by Gasteiger charge is 2.32. The molecule has 0 radical (unpaired) electrons. The molecule has 0 N–H and O–H groups in total. The highest BCUT2D eigenvalue weighted by atomic mass is 35.5. The van der Waals surface area contributed by atoms with Gasteiger partial charge in [0, 0.05) is 21.7 Å². The summed E-state index contributed by atoms with van der Waals surface area (Å²) in [5, 5.41) is 1.59. The molecular formula is C17H13ClFNO3S. The Hall–Kier alpha value is -2.18. The summed E-state index contributed by atoms with van der Waals surface area (Å²) in [5.41, 5.74) is 0.782. The van der Waals surface area contributed by atoms with Gasteiger partial charge in [0.25, 0.3) is 5.91 Å². The number of halogens is 2. The minimum atomic E-state index is -3.35. The van der Waals surface area contributed by atoms with Crippen LogP contribution in [0, 0.1) is 5.82 Å². The van der Waals surface area contributed by atoms with E-state index >= 15 is 0 Å². The van der Waals surface area contributed by atoms with Crippen LogP contribution in [0.3, 0.4) is 0 Å². The molecule has 3 rings (SSSR count). The second kappa shape index (κ2) is 6.37. The Morgan fingerprint density at radius 3 is 2.25 bits per heavy atom. The second-order valence-electron chi connectivity index (χ2n) is 5.38. The van der Waals surface area contributed by atoms with Crippen LogP contribution in [0.2, 0.25) is 5.02 Å². The lowest BCUT2D eigenvalue weighted by molar-refractivity contribution is 0.0983. The van der Waals surface area contributed by atoms with E-state index in [2.05, 4.69) is 0 Å². The Labute approximate surface area is 144 Å². The third-order valence-electron chi connectivity index (χ3n) is 3.66. The van der Waals surface area contributed by atoms with Crippen LogP contribution in [0.4, 0.5) is 10.1 Å². The number of nitrogens with zero attached hydrogens (tertiary/aromatic N) is 1. The fourth-order valence-electron chi connectivity index (χ4n) is 2.51. The molecule has 0 saturated heterocycles. The SMILES string of the molecule is O=C(c1ccc(Cl)cc1)N(c1ccc(F)cc1)[C@@H]1C=CS(=O)(=O)C1. The van der Waals surface area contributed by atoms with Crippen molar-refractivity contribution in [2.45, 2.75) is 6.04 Å². The first-order valence-electron chi connectivity index (χ1n) is 7.11. The summed E-state index contributed by atoms with van der Waals surface area (Å²) >= 11 is 5.84. The van der Waals surface area contributed by atoms with E-state index in [1.165, 1.54) is 35.2 Å². The van der Waals surface area contributed by atoms with Crippen LogP contribution < -0.4 is 4.90 Å². The average Bonchev–Trinajstić information content (AvgIpc) is 2.90. The van der Waals surface area contributed by atoms with Crippen LogP contribution in [0.5, 0.6) is 0 Å². The van der Waals surface area contributed by atoms with Crippen LogP contribution in [0.15, 0.2) is 60.0 Å². The third kappa shape index (κ3) is 3.49. The molecule has 1 aliphatic rings. The molecular weight excluding hydrogens is 353 g/mol. The number of hydrogen-bond donors (Lipinski definition) is 0. The van der Waals surface area contributed by atoms with Gasteiger partial charge in [-0.05, 0) is 54.6 Å². The number of anilines is 1. The molecule has 1 heterocycles. The number of carbonyl (C=O) groups excluding carboxylic acids is 1. The van der Waals surface area contributed by atoms with Gasteiger partial charge in [0.05, 0.1) is 11.8 Å². The minimum absolute atomic E-state index is 0.205. The maximum absolute atomic E-state index is 13.2. The Balaban J connectivity index is 2.01. The number of hydrogen-bond acceptors (Lipinski definition) is 3. The third-order valence-corrected chi connectivity index (χ3v) is 5.29. The van der Waals surface area contributed by atoms with Crippen molar-refractivity contribution in [1.29, 1.82) is 0 Å². The molecule has 4 nitrogen and oxygen atoms in total. The zero-order chi connectivity index (χ0) is 17.3. The fraction of sp³-hybridized carbons (Fsp3) is 0.118. The monoisotopic (exact) mass is 365 g/mol. The largest absolute Gasteiger partial charge is 0.300 e. The van der Waals surface area contributed by atoms with Gasteiger partial charge in [-0.25, -0.2) is 12.8 Å². The van der Waals surface area contributed by atoms with E-state index in [9.17, 15) is 17.6 Å². The van der Waals surface area contributed by atoms with E-state index in [0.29, 0.717) is 16.3 Å². The molecule has 24 heavy (non-hydrogen) atoms. The van der Waals surface area contributed by atoms with Crippen molar-refractivity contribution in [2.75, 3.05) is 10.7 Å². The molecule has 0 fully saturated rings.